The van der Waals surface area contributed by atoms with Crippen LogP contribution >= 0.6 is 0 Å². The average molecular weight is 293 g/mol. The molecule has 0 fully saturated rings. The largest absolute Gasteiger partial charge is 0.493 e. The fraction of sp³-hybridized carbons (Fsp3) is 0.467. The van der Waals surface area contributed by atoms with Crippen molar-refractivity contribution in [3.8, 4) is 5.75 Å². The summed E-state index contributed by atoms with van der Waals surface area (Å²) in [6, 6.07) is 7.34. The third-order valence-electron chi connectivity index (χ3n) is 3.45. The number of rotatable bonds is 5. The number of hydrogen-bond acceptors (Lipinski definition) is 4. The number of carbonyl (C=O) groups is 2. The maximum absolute atomic E-state index is 12.3. The molecule has 114 valence electrons. The fourth-order valence-electron chi connectivity index (χ4n) is 2.40. The quantitative estimate of drug-likeness (QED) is 0.749. The molecule has 2 atom stereocenters. The third kappa shape index (κ3) is 3.95. The van der Waals surface area contributed by atoms with Gasteiger partial charge in [-0.05, 0) is 19.4 Å². The van der Waals surface area contributed by atoms with Gasteiger partial charge in [0.05, 0.1) is 24.5 Å². The monoisotopic (exact) mass is 293 g/mol. The van der Waals surface area contributed by atoms with Crippen LogP contribution < -0.4 is 10.1 Å². The normalized spacial score (nSPS) is 19.8. The first-order chi connectivity index (χ1) is 9.89. The standard InChI is InChI=1S/C15H19NO5/c1-15(20,8-13(17)18)9-16-14(19)11-6-7-21-12-5-3-2-4-10(11)12/h2-5,11,20H,6-9H2,1H3,(H,16,19)(H,17,18). The maximum Gasteiger partial charge on any atom is 0.306 e. The number of hydrogen-bond donors (Lipinski definition) is 3. The predicted octanol–water partition coefficient (Wildman–Crippen LogP) is 0.895. The summed E-state index contributed by atoms with van der Waals surface area (Å²) in [6.45, 7) is 1.75. The highest BCUT2D eigenvalue weighted by atomic mass is 16.5. The van der Waals surface area contributed by atoms with Crippen molar-refractivity contribution in [2.24, 2.45) is 0 Å². The molecule has 1 aromatic rings. The van der Waals surface area contributed by atoms with Gasteiger partial charge in [0.25, 0.3) is 0 Å². The van der Waals surface area contributed by atoms with Crippen molar-refractivity contribution >= 4 is 11.9 Å². The minimum Gasteiger partial charge on any atom is -0.493 e. The minimum absolute atomic E-state index is 0.0995. The average Bonchev–Trinajstić information content (AvgIpc) is 2.43. The van der Waals surface area contributed by atoms with Crippen LogP contribution in [0.3, 0.4) is 0 Å². The molecule has 1 heterocycles. The Morgan fingerprint density at radius 2 is 2.14 bits per heavy atom. The molecular formula is C15H19NO5. The van der Waals surface area contributed by atoms with Crippen LogP contribution in [-0.2, 0) is 9.59 Å². The molecular weight excluding hydrogens is 274 g/mol. The number of benzene rings is 1. The van der Waals surface area contributed by atoms with Crippen molar-refractivity contribution in [3.63, 3.8) is 0 Å². The summed E-state index contributed by atoms with van der Waals surface area (Å²) < 4.78 is 5.49. The lowest BCUT2D eigenvalue weighted by molar-refractivity contribution is -0.142. The second-order valence-corrected chi connectivity index (χ2v) is 5.51. The van der Waals surface area contributed by atoms with E-state index < -0.39 is 18.0 Å². The van der Waals surface area contributed by atoms with E-state index in [0.29, 0.717) is 18.8 Å². The molecule has 6 heteroatoms. The summed E-state index contributed by atoms with van der Waals surface area (Å²) in [7, 11) is 0. The Bertz CT molecular complexity index is 541. The molecule has 3 N–H and O–H groups in total. The van der Waals surface area contributed by atoms with Crippen molar-refractivity contribution in [1.29, 1.82) is 0 Å². The Balaban J connectivity index is 2.00. The van der Waals surface area contributed by atoms with Crippen molar-refractivity contribution in [3.05, 3.63) is 29.8 Å². The number of nitrogens with one attached hydrogen (secondary N) is 1. The van der Waals surface area contributed by atoms with E-state index >= 15 is 0 Å². The minimum atomic E-state index is -1.47. The molecule has 0 saturated heterocycles. The van der Waals surface area contributed by atoms with Gasteiger partial charge in [0, 0.05) is 12.1 Å². The van der Waals surface area contributed by atoms with E-state index in [-0.39, 0.29) is 18.4 Å². The van der Waals surface area contributed by atoms with Gasteiger partial charge in [0.15, 0.2) is 0 Å². The molecule has 0 aliphatic carbocycles. The van der Waals surface area contributed by atoms with Gasteiger partial charge in [-0.1, -0.05) is 18.2 Å². The van der Waals surface area contributed by atoms with Crippen molar-refractivity contribution < 1.29 is 24.5 Å². The number of carboxylic acids is 1. The molecule has 1 aliphatic rings. The Hall–Kier alpha value is -2.08. The van der Waals surface area contributed by atoms with Gasteiger partial charge in [-0.3, -0.25) is 9.59 Å². The zero-order chi connectivity index (χ0) is 15.5. The Morgan fingerprint density at radius 1 is 1.43 bits per heavy atom. The summed E-state index contributed by atoms with van der Waals surface area (Å²) in [5.41, 5.74) is -0.647. The highest BCUT2D eigenvalue weighted by molar-refractivity contribution is 5.84. The van der Waals surface area contributed by atoms with E-state index in [0.717, 1.165) is 5.56 Å². The molecule has 0 spiro atoms. The van der Waals surface area contributed by atoms with E-state index in [9.17, 15) is 14.7 Å². The second-order valence-electron chi connectivity index (χ2n) is 5.51. The van der Waals surface area contributed by atoms with Gasteiger partial charge in [-0.25, -0.2) is 0 Å². The summed E-state index contributed by atoms with van der Waals surface area (Å²) in [5.74, 6) is -0.973. The van der Waals surface area contributed by atoms with E-state index in [2.05, 4.69) is 5.32 Å². The van der Waals surface area contributed by atoms with Crippen molar-refractivity contribution in [1.82, 2.24) is 5.32 Å². The van der Waals surface area contributed by atoms with Crippen LogP contribution in [0.4, 0.5) is 0 Å². The number of carbonyl (C=O) groups excluding carboxylic acids is 1. The molecule has 6 nitrogen and oxygen atoms in total. The number of aliphatic carboxylic acids is 1. The number of ether oxygens (including phenoxy) is 1. The molecule has 21 heavy (non-hydrogen) atoms. The van der Waals surface area contributed by atoms with Crippen LogP contribution in [-0.4, -0.2) is 40.8 Å². The van der Waals surface area contributed by atoms with E-state index in [1.165, 1.54) is 6.92 Å². The molecule has 2 rings (SSSR count). The van der Waals surface area contributed by atoms with E-state index in [1.54, 1.807) is 0 Å². The number of amides is 1. The molecule has 2 unspecified atom stereocenters. The topological polar surface area (TPSA) is 95.9 Å². The predicted molar refractivity (Wildman–Crippen MR) is 75.2 cm³/mol. The molecule has 1 aliphatic heterocycles. The Kier molecular flexibility index (Phi) is 4.47. The number of carboxylic acid groups (broad SMARTS) is 1. The third-order valence-corrected chi connectivity index (χ3v) is 3.45. The molecule has 0 radical (unpaired) electrons. The lowest BCUT2D eigenvalue weighted by Crippen LogP contribution is -2.44. The smallest absolute Gasteiger partial charge is 0.306 e. The molecule has 1 amide bonds. The summed E-state index contributed by atoms with van der Waals surface area (Å²) in [4.78, 5) is 22.9. The zero-order valence-corrected chi connectivity index (χ0v) is 11.8. The van der Waals surface area contributed by atoms with Gasteiger partial charge in [-0.15, -0.1) is 0 Å². The highest BCUT2D eigenvalue weighted by Gasteiger charge is 2.30. The van der Waals surface area contributed by atoms with Crippen LogP contribution in [0.1, 0.15) is 31.2 Å². The summed E-state index contributed by atoms with van der Waals surface area (Å²) in [6.07, 6.45) is 0.140. The number of aliphatic hydroxyl groups is 1. The van der Waals surface area contributed by atoms with Gasteiger partial charge in [-0.2, -0.15) is 0 Å². The van der Waals surface area contributed by atoms with Crippen LogP contribution in [0.15, 0.2) is 24.3 Å². The maximum atomic E-state index is 12.3. The Morgan fingerprint density at radius 3 is 2.86 bits per heavy atom. The van der Waals surface area contributed by atoms with E-state index in [4.69, 9.17) is 9.84 Å². The van der Waals surface area contributed by atoms with Gasteiger partial charge < -0.3 is 20.3 Å². The SMILES string of the molecule is CC(O)(CNC(=O)C1CCOc2ccccc21)CC(=O)O. The summed E-state index contributed by atoms with van der Waals surface area (Å²) in [5, 5.41) is 21.2. The fourth-order valence-corrected chi connectivity index (χ4v) is 2.40. The van der Waals surface area contributed by atoms with Crippen molar-refractivity contribution in [2.75, 3.05) is 13.2 Å². The highest BCUT2D eigenvalue weighted by Crippen LogP contribution is 2.33. The lowest BCUT2D eigenvalue weighted by Gasteiger charge is -2.27. The lowest BCUT2D eigenvalue weighted by atomic mass is 9.92. The molecule has 0 saturated carbocycles. The van der Waals surface area contributed by atoms with Crippen LogP contribution in [0, 0.1) is 0 Å². The first-order valence-electron chi connectivity index (χ1n) is 6.83. The second kappa shape index (κ2) is 6.13. The van der Waals surface area contributed by atoms with Crippen LogP contribution in [0.5, 0.6) is 5.75 Å². The van der Waals surface area contributed by atoms with Gasteiger partial charge >= 0.3 is 5.97 Å². The van der Waals surface area contributed by atoms with E-state index in [1.807, 2.05) is 24.3 Å². The number of para-hydroxylation sites is 1. The number of fused-ring (bicyclic) bond motifs is 1. The van der Waals surface area contributed by atoms with Crippen LogP contribution in [0.2, 0.25) is 0 Å². The Labute approximate surface area is 122 Å². The molecule has 0 aromatic heterocycles. The van der Waals surface area contributed by atoms with Crippen molar-refractivity contribution in [2.45, 2.75) is 31.3 Å². The molecule has 0 bridgehead atoms. The first kappa shape index (κ1) is 15.3. The first-order valence-corrected chi connectivity index (χ1v) is 6.83. The van der Waals surface area contributed by atoms with Gasteiger partial charge in [0.1, 0.15) is 5.75 Å². The molecule has 1 aromatic carbocycles. The summed E-state index contributed by atoms with van der Waals surface area (Å²) >= 11 is 0. The zero-order valence-electron chi connectivity index (χ0n) is 11.8. The van der Waals surface area contributed by atoms with Crippen LogP contribution in [0.25, 0.3) is 0 Å². The van der Waals surface area contributed by atoms with Gasteiger partial charge in [0.2, 0.25) is 5.91 Å².